The first-order chi connectivity index (χ1) is 9.16. The fraction of sp³-hybridized carbons (Fsp3) is 0.562. The molecule has 3 atom stereocenters. The van der Waals surface area contributed by atoms with E-state index in [4.69, 9.17) is 9.47 Å². The van der Waals surface area contributed by atoms with Crippen LogP contribution in [0.15, 0.2) is 30.3 Å². The zero-order valence-corrected chi connectivity index (χ0v) is 11.7. The van der Waals surface area contributed by atoms with Crippen LogP contribution in [0, 0.1) is 5.92 Å². The molecule has 3 heteroatoms. The molecule has 1 aliphatic rings. The van der Waals surface area contributed by atoms with Crippen LogP contribution in [0.5, 0.6) is 0 Å². The SMILES string of the molecule is CC(=O)[C@H](C)[C@H]1CCO[C@@H](CCc2ccccc2)O1. The molecule has 0 aromatic heterocycles. The van der Waals surface area contributed by atoms with E-state index in [1.807, 2.05) is 25.1 Å². The summed E-state index contributed by atoms with van der Waals surface area (Å²) in [7, 11) is 0. The van der Waals surface area contributed by atoms with E-state index in [9.17, 15) is 4.79 Å². The number of carbonyl (C=O) groups excluding carboxylic acids is 1. The van der Waals surface area contributed by atoms with E-state index in [0.717, 1.165) is 19.3 Å². The van der Waals surface area contributed by atoms with Crippen molar-refractivity contribution in [2.24, 2.45) is 5.92 Å². The van der Waals surface area contributed by atoms with E-state index in [1.165, 1.54) is 5.56 Å². The van der Waals surface area contributed by atoms with Gasteiger partial charge in [-0.3, -0.25) is 4.79 Å². The highest BCUT2D eigenvalue weighted by molar-refractivity contribution is 5.78. The zero-order valence-electron chi connectivity index (χ0n) is 11.7. The van der Waals surface area contributed by atoms with Crippen LogP contribution in [0.2, 0.25) is 0 Å². The van der Waals surface area contributed by atoms with E-state index >= 15 is 0 Å². The van der Waals surface area contributed by atoms with Crippen molar-refractivity contribution in [3.05, 3.63) is 35.9 Å². The second-order valence-corrected chi connectivity index (χ2v) is 5.19. The maximum atomic E-state index is 11.4. The zero-order chi connectivity index (χ0) is 13.7. The lowest BCUT2D eigenvalue weighted by Gasteiger charge is -2.33. The summed E-state index contributed by atoms with van der Waals surface area (Å²) in [6.07, 6.45) is 2.41. The van der Waals surface area contributed by atoms with Crippen molar-refractivity contribution in [2.45, 2.75) is 45.5 Å². The predicted octanol–water partition coefficient (Wildman–Crippen LogP) is 2.98. The quantitative estimate of drug-likeness (QED) is 0.818. The summed E-state index contributed by atoms with van der Waals surface area (Å²) < 4.78 is 11.5. The maximum absolute atomic E-state index is 11.4. The van der Waals surface area contributed by atoms with Crippen LogP contribution >= 0.6 is 0 Å². The molecule has 0 radical (unpaired) electrons. The molecular weight excluding hydrogens is 240 g/mol. The third-order valence-electron chi connectivity index (χ3n) is 3.74. The van der Waals surface area contributed by atoms with Crippen LogP contribution < -0.4 is 0 Å². The minimum absolute atomic E-state index is 0.00650. The summed E-state index contributed by atoms with van der Waals surface area (Å²) in [5.41, 5.74) is 1.29. The van der Waals surface area contributed by atoms with Gasteiger partial charge in [-0.1, -0.05) is 37.3 Å². The molecule has 104 valence electrons. The Morgan fingerprint density at radius 2 is 2.11 bits per heavy atom. The van der Waals surface area contributed by atoms with Gasteiger partial charge in [-0.2, -0.15) is 0 Å². The minimum atomic E-state index is -0.180. The van der Waals surface area contributed by atoms with Gasteiger partial charge in [-0.15, -0.1) is 0 Å². The van der Waals surface area contributed by atoms with E-state index < -0.39 is 0 Å². The number of aryl methyl sites for hydroxylation is 1. The Morgan fingerprint density at radius 1 is 1.37 bits per heavy atom. The molecule has 1 aromatic carbocycles. The predicted molar refractivity (Wildman–Crippen MR) is 73.8 cm³/mol. The van der Waals surface area contributed by atoms with Crippen LogP contribution in [0.25, 0.3) is 0 Å². The highest BCUT2D eigenvalue weighted by Gasteiger charge is 2.29. The maximum Gasteiger partial charge on any atom is 0.158 e. The van der Waals surface area contributed by atoms with Crippen LogP contribution in [0.1, 0.15) is 32.3 Å². The molecule has 0 aliphatic carbocycles. The number of Topliss-reactive ketones (excluding diaryl/α,β-unsaturated/α-hetero) is 1. The second kappa shape index (κ2) is 6.83. The van der Waals surface area contributed by atoms with Gasteiger partial charge in [0, 0.05) is 12.3 Å². The van der Waals surface area contributed by atoms with Gasteiger partial charge >= 0.3 is 0 Å². The molecular formula is C16H22O3. The average Bonchev–Trinajstić information content (AvgIpc) is 2.45. The number of rotatable bonds is 5. The van der Waals surface area contributed by atoms with Crippen LogP contribution in [0.3, 0.4) is 0 Å². The summed E-state index contributed by atoms with van der Waals surface area (Å²) in [5, 5.41) is 0. The molecule has 1 saturated heterocycles. The number of benzene rings is 1. The van der Waals surface area contributed by atoms with Crippen molar-refractivity contribution < 1.29 is 14.3 Å². The highest BCUT2D eigenvalue weighted by Crippen LogP contribution is 2.22. The molecule has 1 aromatic rings. The van der Waals surface area contributed by atoms with Crippen LogP contribution in [-0.2, 0) is 20.7 Å². The third-order valence-corrected chi connectivity index (χ3v) is 3.74. The molecule has 0 spiro atoms. The molecule has 0 unspecified atom stereocenters. The molecule has 1 fully saturated rings. The lowest BCUT2D eigenvalue weighted by molar-refractivity contribution is -0.223. The van der Waals surface area contributed by atoms with Crippen LogP contribution in [-0.4, -0.2) is 24.8 Å². The molecule has 0 amide bonds. The van der Waals surface area contributed by atoms with Gasteiger partial charge in [-0.25, -0.2) is 0 Å². The number of hydrogen-bond acceptors (Lipinski definition) is 3. The van der Waals surface area contributed by atoms with Gasteiger partial charge in [0.15, 0.2) is 6.29 Å². The first kappa shape index (κ1) is 14.2. The molecule has 1 heterocycles. The topological polar surface area (TPSA) is 35.5 Å². The number of carbonyl (C=O) groups is 1. The van der Waals surface area contributed by atoms with Crippen molar-refractivity contribution in [3.8, 4) is 0 Å². The minimum Gasteiger partial charge on any atom is -0.353 e. The fourth-order valence-electron chi connectivity index (χ4n) is 2.33. The van der Waals surface area contributed by atoms with Gasteiger partial charge in [-0.05, 0) is 25.3 Å². The molecule has 0 saturated carbocycles. The number of hydrogen-bond donors (Lipinski definition) is 0. The smallest absolute Gasteiger partial charge is 0.158 e. The van der Waals surface area contributed by atoms with Crippen LogP contribution in [0.4, 0.5) is 0 Å². The Bertz CT molecular complexity index is 402. The number of ether oxygens (including phenoxy) is 2. The van der Waals surface area contributed by atoms with Crippen molar-refractivity contribution in [3.63, 3.8) is 0 Å². The largest absolute Gasteiger partial charge is 0.353 e. The second-order valence-electron chi connectivity index (χ2n) is 5.19. The first-order valence-electron chi connectivity index (χ1n) is 6.98. The molecule has 2 rings (SSSR count). The van der Waals surface area contributed by atoms with Crippen molar-refractivity contribution in [1.82, 2.24) is 0 Å². The summed E-state index contributed by atoms with van der Waals surface area (Å²) in [6.45, 7) is 4.25. The average molecular weight is 262 g/mol. The highest BCUT2D eigenvalue weighted by atomic mass is 16.7. The Balaban J connectivity index is 1.83. The van der Waals surface area contributed by atoms with E-state index in [1.54, 1.807) is 6.92 Å². The molecule has 19 heavy (non-hydrogen) atoms. The molecule has 0 bridgehead atoms. The monoisotopic (exact) mass is 262 g/mol. The lowest BCUT2D eigenvalue weighted by atomic mass is 9.97. The Morgan fingerprint density at radius 3 is 2.79 bits per heavy atom. The lowest BCUT2D eigenvalue weighted by Crippen LogP contribution is -2.38. The number of ketones is 1. The molecule has 0 N–H and O–H groups in total. The fourth-order valence-corrected chi connectivity index (χ4v) is 2.33. The van der Waals surface area contributed by atoms with Gasteiger partial charge < -0.3 is 9.47 Å². The first-order valence-corrected chi connectivity index (χ1v) is 6.98. The van der Waals surface area contributed by atoms with E-state index in [2.05, 4.69) is 12.1 Å². The summed E-state index contributed by atoms with van der Waals surface area (Å²) in [4.78, 5) is 11.4. The Hall–Kier alpha value is -1.19. The van der Waals surface area contributed by atoms with Gasteiger partial charge in [0.1, 0.15) is 5.78 Å². The normalized spacial score (nSPS) is 24.9. The van der Waals surface area contributed by atoms with E-state index in [-0.39, 0.29) is 24.1 Å². The Labute approximate surface area is 114 Å². The van der Waals surface area contributed by atoms with Gasteiger partial charge in [0.2, 0.25) is 0 Å². The van der Waals surface area contributed by atoms with Crippen molar-refractivity contribution in [1.29, 1.82) is 0 Å². The summed E-state index contributed by atoms with van der Waals surface area (Å²) in [5.74, 6) is 0.150. The summed E-state index contributed by atoms with van der Waals surface area (Å²) >= 11 is 0. The van der Waals surface area contributed by atoms with E-state index in [0.29, 0.717) is 6.61 Å². The summed E-state index contributed by atoms with van der Waals surface area (Å²) in [6, 6.07) is 10.3. The standard InChI is InChI=1S/C16H22O3/c1-12(13(2)17)15-10-11-18-16(19-15)9-8-14-6-4-3-5-7-14/h3-7,12,15-16H,8-11H2,1-2H3/t12-,15+,16+/m0/s1. The van der Waals surface area contributed by atoms with Gasteiger partial charge in [0.05, 0.1) is 12.7 Å². The third kappa shape index (κ3) is 4.15. The van der Waals surface area contributed by atoms with Crippen molar-refractivity contribution in [2.75, 3.05) is 6.61 Å². The molecule has 1 aliphatic heterocycles. The Kier molecular flexibility index (Phi) is 5.11. The van der Waals surface area contributed by atoms with Crippen molar-refractivity contribution >= 4 is 5.78 Å². The molecule has 3 nitrogen and oxygen atoms in total. The van der Waals surface area contributed by atoms with Gasteiger partial charge in [0.25, 0.3) is 0 Å².